The normalized spacial score (nSPS) is 16.9. The molecule has 0 aliphatic carbocycles. The van der Waals surface area contributed by atoms with Gasteiger partial charge >= 0.3 is 0 Å². The lowest BCUT2D eigenvalue weighted by Gasteiger charge is -2.34. The van der Waals surface area contributed by atoms with Gasteiger partial charge in [-0.15, -0.1) is 0 Å². The Bertz CT molecular complexity index is 959. The molecule has 0 radical (unpaired) electrons. The van der Waals surface area contributed by atoms with E-state index >= 15 is 0 Å². The summed E-state index contributed by atoms with van der Waals surface area (Å²) in [5, 5.41) is 10.7. The minimum Gasteiger partial charge on any atom is -0.505 e. The average molecular weight is 365 g/mol. The minimum absolute atomic E-state index is 0.0234. The summed E-state index contributed by atoms with van der Waals surface area (Å²) in [6.45, 7) is 12.4. The number of ether oxygens (including phenoxy) is 1. The van der Waals surface area contributed by atoms with E-state index in [2.05, 4.69) is 46.5 Å². The lowest BCUT2D eigenvalue weighted by atomic mass is 9.82. The fraction of sp³-hybridized carbons (Fsp3) is 0.391. The number of para-hydroxylation sites is 1. The van der Waals surface area contributed by atoms with Crippen molar-refractivity contribution in [3.8, 4) is 5.75 Å². The molecule has 142 valence electrons. The predicted octanol–water partition coefficient (Wildman–Crippen LogP) is 4.83. The van der Waals surface area contributed by atoms with Gasteiger partial charge in [-0.25, -0.2) is 4.99 Å². The first kappa shape index (κ1) is 19.2. The summed E-state index contributed by atoms with van der Waals surface area (Å²) in [4.78, 5) is 17.0. The Morgan fingerprint density at radius 2 is 1.44 bits per heavy atom. The van der Waals surface area contributed by atoms with Gasteiger partial charge in [0.25, 0.3) is 0 Å². The minimum atomic E-state index is -0.315. The van der Waals surface area contributed by atoms with Crippen LogP contribution in [0.25, 0.3) is 0 Å². The van der Waals surface area contributed by atoms with Crippen molar-refractivity contribution in [2.45, 2.75) is 47.5 Å². The Balaban J connectivity index is 2.07. The van der Waals surface area contributed by atoms with Crippen LogP contribution in [0.3, 0.4) is 0 Å². The second kappa shape index (κ2) is 6.52. The van der Waals surface area contributed by atoms with Gasteiger partial charge in [0.2, 0.25) is 5.43 Å². The summed E-state index contributed by atoms with van der Waals surface area (Å²) in [5.74, 6) is 1.28. The second-order valence-electron chi connectivity index (χ2n) is 9.08. The Morgan fingerprint density at radius 3 is 1.89 bits per heavy atom. The zero-order chi connectivity index (χ0) is 20.0. The van der Waals surface area contributed by atoms with Crippen LogP contribution in [0.1, 0.15) is 53.0 Å². The maximum absolute atomic E-state index is 12.7. The van der Waals surface area contributed by atoms with Crippen LogP contribution in [-0.2, 0) is 4.74 Å². The molecule has 4 heteroatoms. The van der Waals surface area contributed by atoms with Gasteiger partial charge in [0.1, 0.15) is 11.5 Å². The number of nitrogens with zero attached hydrogens (tertiary/aromatic N) is 1. The smallest absolute Gasteiger partial charge is 0.215 e. The van der Waals surface area contributed by atoms with Crippen molar-refractivity contribution in [2.24, 2.45) is 15.8 Å². The average Bonchev–Trinajstić information content (AvgIpc) is 2.59. The third-order valence-corrected chi connectivity index (χ3v) is 4.63. The zero-order valence-corrected chi connectivity index (χ0v) is 16.8. The maximum atomic E-state index is 12.7. The van der Waals surface area contributed by atoms with Gasteiger partial charge in [-0.05, 0) is 24.3 Å². The molecular weight excluding hydrogens is 338 g/mol. The number of hydrogen-bond acceptors (Lipinski definition) is 4. The number of rotatable bonds is 2. The van der Waals surface area contributed by atoms with Crippen LogP contribution < -0.4 is 10.8 Å². The van der Waals surface area contributed by atoms with Gasteiger partial charge in [-0.3, -0.25) is 4.79 Å². The van der Waals surface area contributed by atoms with E-state index in [1.54, 1.807) is 12.1 Å². The molecule has 0 unspecified atom stereocenters. The molecule has 0 aromatic heterocycles. The molecule has 2 aromatic carbocycles. The Kier molecular flexibility index (Phi) is 4.62. The van der Waals surface area contributed by atoms with Crippen LogP contribution in [0.15, 0.2) is 63.8 Å². The van der Waals surface area contributed by atoms with E-state index in [0.29, 0.717) is 11.3 Å². The molecule has 4 nitrogen and oxygen atoms in total. The molecule has 2 aromatic rings. The van der Waals surface area contributed by atoms with Crippen molar-refractivity contribution in [3.05, 3.63) is 75.1 Å². The van der Waals surface area contributed by atoms with Gasteiger partial charge in [-0.1, -0.05) is 59.7 Å². The van der Waals surface area contributed by atoms with Crippen molar-refractivity contribution in [1.82, 2.24) is 0 Å². The van der Waals surface area contributed by atoms with Crippen LogP contribution >= 0.6 is 0 Å². The van der Waals surface area contributed by atoms with Crippen molar-refractivity contribution < 1.29 is 9.84 Å². The third kappa shape index (κ3) is 3.75. The fourth-order valence-electron chi connectivity index (χ4n) is 2.99. The molecular formula is C23H27NO3. The number of hydrogen-bond donors (Lipinski definition) is 1. The first-order valence-electron chi connectivity index (χ1n) is 9.23. The van der Waals surface area contributed by atoms with Crippen molar-refractivity contribution >= 4 is 5.69 Å². The molecule has 1 heterocycles. The van der Waals surface area contributed by atoms with E-state index in [1.807, 2.05) is 30.4 Å². The van der Waals surface area contributed by atoms with Gasteiger partial charge in [0.05, 0.1) is 11.3 Å². The van der Waals surface area contributed by atoms with E-state index in [4.69, 9.17) is 4.74 Å². The van der Waals surface area contributed by atoms with Gasteiger partial charge in [0, 0.05) is 16.7 Å². The maximum Gasteiger partial charge on any atom is 0.215 e. The quantitative estimate of drug-likeness (QED) is 0.829. The Labute approximate surface area is 160 Å². The summed E-state index contributed by atoms with van der Waals surface area (Å²) in [5.41, 5.74) is 0.420. The highest BCUT2D eigenvalue weighted by Gasteiger charge is 2.34. The highest BCUT2D eigenvalue weighted by molar-refractivity contribution is 5.49. The van der Waals surface area contributed by atoms with E-state index in [0.717, 1.165) is 11.5 Å². The van der Waals surface area contributed by atoms with Crippen LogP contribution in [0, 0.1) is 10.8 Å². The highest BCUT2D eigenvalue weighted by Crippen LogP contribution is 2.42. The Morgan fingerprint density at radius 1 is 0.926 bits per heavy atom. The topological polar surface area (TPSA) is 58.9 Å². The van der Waals surface area contributed by atoms with E-state index in [9.17, 15) is 9.90 Å². The molecule has 3 rings (SSSR count). The first-order valence-corrected chi connectivity index (χ1v) is 9.23. The molecule has 27 heavy (non-hydrogen) atoms. The first-order chi connectivity index (χ1) is 12.5. The highest BCUT2D eigenvalue weighted by atomic mass is 16.5. The lowest BCUT2D eigenvalue weighted by Crippen LogP contribution is -2.37. The van der Waals surface area contributed by atoms with Crippen LogP contribution in [0.2, 0.25) is 0 Å². The summed E-state index contributed by atoms with van der Waals surface area (Å²) < 4.78 is 6.13. The molecule has 0 atom stereocenters. The van der Waals surface area contributed by atoms with Gasteiger partial charge < -0.3 is 9.84 Å². The fourth-order valence-corrected chi connectivity index (χ4v) is 2.99. The van der Waals surface area contributed by atoms with Crippen molar-refractivity contribution in [3.63, 3.8) is 0 Å². The second-order valence-corrected chi connectivity index (χ2v) is 9.08. The van der Waals surface area contributed by atoms with E-state index in [-0.39, 0.29) is 33.3 Å². The number of aromatic hydroxyl groups is 1. The molecule has 0 saturated heterocycles. The van der Waals surface area contributed by atoms with E-state index < -0.39 is 0 Å². The number of benzene rings is 1. The van der Waals surface area contributed by atoms with Crippen molar-refractivity contribution in [1.29, 1.82) is 0 Å². The standard InChI is InChI=1S/C23H27NO3/c1-22(2,3)16-12-14(13-17(27-16)23(4,5)6)18-20(25)19(21(18)26)24-15-10-8-7-9-11-15/h7-14,25H,1-6H3. The zero-order valence-electron chi connectivity index (χ0n) is 16.8. The van der Waals surface area contributed by atoms with Crippen molar-refractivity contribution in [2.75, 3.05) is 0 Å². The number of allylic oxidation sites excluding steroid dienone is 4. The molecule has 0 bridgehead atoms. The summed E-state index contributed by atoms with van der Waals surface area (Å²) >= 11 is 0. The molecule has 0 amide bonds. The third-order valence-electron chi connectivity index (χ3n) is 4.63. The molecule has 1 aliphatic heterocycles. The molecule has 0 spiro atoms. The lowest BCUT2D eigenvalue weighted by molar-refractivity contribution is 0.156. The monoisotopic (exact) mass is 365 g/mol. The Hall–Kier alpha value is -2.62. The molecule has 1 aliphatic rings. The molecule has 0 fully saturated rings. The summed E-state index contributed by atoms with van der Waals surface area (Å²) in [6, 6.07) is 9.18. The van der Waals surface area contributed by atoms with Crippen LogP contribution in [-0.4, -0.2) is 5.11 Å². The van der Waals surface area contributed by atoms with Gasteiger partial charge in [0.15, 0.2) is 11.1 Å². The SMILES string of the molecule is CC(C)(C)C1=CC(c2c(O)c(=Nc3ccccc3)c2=O)C=C(C(C)(C)C)O1. The predicted molar refractivity (Wildman–Crippen MR) is 107 cm³/mol. The summed E-state index contributed by atoms with van der Waals surface area (Å²) in [6.07, 6.45) is 3.86. The van der Waals surface area contributed by atoms with Crippen LogP contribution in [0.5, 0.6) is 5.75 Å². The largest absolute Gasteiger partial charge is 0.505 e. The molecule has 1 N–H and O–H groups in total. The van der Waals surface area contributed by atoms with Crippen LogP contribution in [0.4, 0.5) is 5.69 Å². The van der Waals surface area contributed by atoms with E-state index in [1.165, 1.54) is 0 Å². The molecule has 0 saturated carbocycles. The van der Waals surface area contributed by atoms with Gasteiger partial charge in [-0.2, -0.15) is 0 Å². The summed E-state index contributed by atoms with van der Waals surface area (Å²) in [7, 11) is 0.